The lowest BCUT2D eigenvalue weighted by Gasteiger charge is -2.44. The molecule has 0 bridgehead atoms. The van der Waals surface area contributed by atoms with Crippen LogP contribution in [-0.2, 0) is 4.79 Å². The minimum atomic E-state index is -0.214. The van der Waals surface area contributed by atoms with Crippen LogP contribution in [0, 0.1) is 17.3 Å². The second-order valence-electron chi connectivity index (χ2n) is 5.15. The van der Waals surface area contributed by atoms with Crippen molar-refractivity contribution in [2.24, 2.45) is 23.0 Å². The Morgan fingerprint density at radius 2 is 2.14 bits per heavy atom. The molecule has 0 unspecified atom stereocenters. The van der Waals surface area contributed by atoms with Crippen LogP contribution >= 0.6 is 0 Å². The molecular weight excluding hydrogens is 176 g/mol. The molecule has 2 aliphatic carbocycles. The zero-order valence-corrected chi connectivity index (χ0v) is 8.88. The van der Waals surface area contributed by atoms with Gasteiger partial charge >= 0.3 is 0 Å². The first-order valence-corrected chi connectivity index (χ1v) is 5.65. The molecule has 2 aliphatic rings. The minimum absolute atomic E-state index is 0.199. The van der Waals surface area contributed by atoms with Gasteiger partial charge in [0.1, 0.15) is 0 Å². The fraction of sp³-hybridized carbons (Fsp3) is 0.909. The molecule has 0 radical (unpaired) electrons. The minimum Gasteiger partial charge on any atom is -0.355 e. The van der Waals surface area contributed by atoms with Crippen molar-refractivity contribution in [1.29, 1.82) is 0 Å². The van der Waals surface area contributed by atoms with Gasteiger partial charge in [-0.1, -0.05) is 6.92 Å². The molecule has 3 nitrogen and oxygen atoms in total. The lowest BCUT2D eigenvalue weighted by Crippen LogP contribution is -2.53. The van der Waals surface area contributed by atoms with Gasteiger partial charge in [0.05, 0.1) is 5.41 Å². The number of carbonyl (C=O) groups excluding carboxylic acids is 1. The van der Waals surface area contributed by atoms with Crippen molar-refractivity contribution in [2.45, 2.75) is 32.6 Å². The van der Waals surface area contributed by atoms with Crippen molar-refractivity contribution in [2.75, 3.05) is 13.1 Å². The Bertz CT molecular complexity index is 229. The third-order valence-electron chi connectivity index (χ3n) is 3.60. The van der Waals surface area contributed by atoms with Crippen LogP contribution in [0.25, 0.3) is 0 Å². The van der Waals surface area contributed by atoms with Crippen molar-refractivity contribution in [1.82, 2.24) is 5.32 Å². The van der Waals surface area contributed by atoms with Crippen molar-refractivity contribution >= 4 is 5.91 Å². The monoisotopic (exact) mass is 196 g/mol. The molecule has 0 saturated heterocycles. The molecule has 3 N–H and O–H groups in total. The van der Waals surface area contributed by atoms with Crippen LogP contribution in [0.5, 0.6) is 0 Å². The lowest BCUT2D eigenvalue weighted by atomic mass is 9.62. The average molecular weight is 196 g/mol. The van der Waals surface area contributed by atoms with E-state index in [9.17, 15) is 4.79 Å². The molecule has 14 heavy (non-hydrogen) atoms. The van der Waals surface area contributed by atoms with E-state index in [1.54, 1.807) is 0 Å². The Kier molecular flexibility index (Phi) is 2.52. The highest BCUT2D eigenvalue weighted by atomic mass is 16.2. The fourth-order valence-electron chi connectivity index (χ4n) is 2.47. The van der Waals surface area contributed by atoms with Gasteiger partial charge in [-0.2, -0.15) is 0 Å². The number of hydrogen-bond donors (Lipinski definition) is 2. The van der Waals surface area contributed by atoms with E-state index in [2.05, 4.69) is 12.2 Å². The second kappa shape index (κ2) is 3.54. The average Bonchev–Trinajstić information content (AvgIpc) is 2.92. The molecule has 2 fully saturated rings. The van der Waals surface area contributed by atoms with Crippen LogP contribution < -0.4 is 11.1 Å². The molecule has 3 heteroatoms. The summed E-state index contributed by atoms with van der Waals surface area (Å²) in [4.78, 5) is 11.9. The van der Waals surface area contributed by atoms with Crippen molar-refractivity contribution < 1.29 is 4.79 Å². The van der Waals surface area contributed by atoms with E-state index in [1.807, 2.05) is 0 Å². The van der Waals surface area contributed by atoms with Gasteiger partial charge in [-0.25, -0.2) is 0 Å². The van der Waals surface area contributed by atoms with Gasteiger partial charge in [0, 0.05) is 13.1 Å². The van der Waals surface area contributed by atoms with Crippen LogP contribution in [0.4, 0.5) is 0 Å². The Morgan fingerprint density at radius 3 is 2.57 bits per heavy atom. The van der Waals surface area contributed by atoms with Crippen LogP contribution in [0.2, 0.25) is 0 Å². The topological polar surface area (TPSA) is 55.1 Å². The van der Waals surface area contributed by atoms with E-state index >= 15 is 0 Å². The molecule has 0 aromatic carbocycles. The Hall–Kier alpha value is -0.570. The summed E-state index contributed by atoms with van der Waals surface area (Å²) in [6, 6.07) is 0. The quantitative estimate of drug-likeness (QED) is 0.701. The van der Waals surface area contributed by atoms with Crippen LogP contribution in [0.1, 0.15) is 32.6 Å². The van der Waals surface area contributed by atoms with Crippen molar-refractivity contribution in [3.05, 3.63) is 0 Å². The maximum atomic E-state index is 11.9. The number of carbonyl (C=O) groups is 1. The Balaban J connectivity index is 1.81. The Morgan fingerprint density at radius 1 is 1.50 bits per heavy atom. The number of nitrogens with two attached hydrogens (primary N) is 1. The molecular formula is C11H20N2O. The van der Waals surface area contributed by atoms with Gasteiger partial charge in [0.2, 0.25) is 5.91 Å². The summed E-state index contributed by atoms with van der Waals surface area (Å²) in [6.07, 6.45) is 4.51. The molecule has 0 heterocycles. The lowest BCUT2D eigenvalue weighted by molar-refractivity contribution is -0.138. The van der Waals surface area contributed by atoms with E-state index in [1.165, 1.54) is 12.8 Å². The molecule has 0 aromatic rings. The summed E-state index contributed by atoms with van der Waals surface area (Å²) >= 11 is 0. The zero-order valence-electron chi connectivity index (χ0n) is 8.88. The van der Waals surface area contributed by atoms with Gasteiger partial charge in [-0.15, -0.1) is 0 Å². The SMILES string of the molecule is CC1CC(CN)(C(=O)NCC2CC2)C1. The first-order valence-electron chi connectivity index (χ1n) is 5.65. The summed E-state index contributed by atoms with van der Waals surface area (Å²) < 4.78 is 0. The first kappa shape index (κ1) is 9.97. The molecule has 80 valence electrons. The number of amides is 1. The van der Waals surface area contributed by atoms with Crippen LogP contribution in [0.3, 0.4) is 0 Å². The predicted octanol–water partition coefficient (Wildman–Crippen LogP) is 0.888. The fourth-order valence-corrected chi connectivity index (χ4v) is 2.47. The van der Waals surface area contributed by atoms with Crippen LogP contribution in [0.15, 0.2) is 0 Å². The maximum absolute atomic E-state index is 11.9. The molecule has 0 aromatic heterocycles. The molecule has 0 atom stereocenters. The largest absolute Gasteiger partial charge is 0.355 e. The van der Waals surface area contributed by atoms with Crippen LogP contribution in [-0.4, -0.2) is 19.0 Å². The maximum Gasteiger partial charge on any atom is 0.227 e. The van der Waals surface area contributed by atoms with E-state index < -0.39 is 0 Å². The predicted molar refractivity (Wildman–Crippen MR) is 55.6 cm³/mol. The summed E-state index contributed by atoms with van der Waals surface area (Å²) in [5, 5.41) is 3.04. The molecule has 2 rings (SSSR count). The standard InChI is InChI=1S/C11H20N2O/c1-8-4-11(5-8,7-12)10(14)13-6-9-2-3-9/h8-9H,2-7,12H2,1H3,(H,13,14). The van der Waals surface area contributed by atoms with Crippen molar-refractivity contribution in [3.8, 4) is 0 Å². The van der Waals surface area contributed by atoms with Gasteiger partial charge in [-0.3, -0.25) is 4.79 Å². The summed E-state index contributed by atoms with van der Waals surface area (Å²) in [6.45, 7) is 3.56. The smallest absolute Gasteiger partial charge is 0.227 e. The first-order chi connectivity index (χ1) is 6.66. The van der Waals surface area contributed by atoms with E-state index in [0.717, 1.165) is 25.3 Å². The number of nitrogens with one attached hydrogen (secondary N) is 1. The molecule has 1 amide bonds. The Labute approximate surface area is 85.4 Å². The second-order valence-corrected chi connectivity index (χ2v) is 5.15. The third-order valence-corrected chi connectivity index (χ3v) is 3.60. The van der Waals surface area contributed by atoms with Gasteiger partial charge in [-0.05, 0) is 37.5 Å². The molecule has 0 spiro atoms. The third kappa shape index (κ3) is 1.78. The highest BCUT2D eigenvalue weighted by molar-refractivity contribution is 5.83. The van der Waals surface area contributed by atoms with Gasteiger partial charge < -0.3 is 11.1 Å². The van der Waals surface area contributed by atoms with Gasteiger partial charge in [0.15, 0.2) is 0 Å². The normalized spacial score (nSPS) is 36.3. The van der Waals surface area contributed by atoms with Gasteiger partial charge in [0.25, 0.3) is 0 Å². The summed E-state index contributed by atoms with van der Waals surface area (Å²) in [7, 11) is 0. The van der Waals surface area contributed by atoms with Crippen molar-refractivity contribution in [3.63, 3.8) is 0 Å². The van der Waals surface area contributed by atoms with E-state index in [0.29, 0.717) is 12.5 Å². The summed E-state index contributed by atoms with van der Waals surface area (Å²) in [5.74, 6) is 1.63. The number of hydrogen-bond acceptors (Lipinski definition) is 2. The highest BCUT2D eigenvalue weighted by Crippen LogP contribution is 2.44. The summed E-state index contributed by atoms with van der Waals surface area (Å²) in [5.41, 5.74) is 5.48. The molecule has 2 saturated carbocycles. The van der Waals surface area contributed by atoms with E-state index in [4.69, 9.17) is 5.73 Å². The number of rotatable bonds is 4. The zero-order chi connectivity index (χ0) is 10.2. The molecule has 0 aliphatic heterocycles. The van der Waals surface area contributed by atoms with E-state index in [-0.39, 0.29) is 11.3 Å². The highest BCUT2D eigenvalue weighted by Gasteiger charge is 2.47.